The Bertz CT molecular complexity index is 1810. The summed E-state index contributed by atoms with van der Waals surface area (Å²) in [6.45, 7) is 14.4. The average Bonchev–Trinajstić information content (AvgIpc) is 3.80. The normalized spacial score (nSPS) is 26.6. The number of alkyl carbamates (subject to hydrolysis) is 1. The number of carbonyl (C=O) groups excluding carboxylic acids is 1. The van der Waals surface area contributed by atoms with E-state index >= 15 is 0 Å². The SMILES string of the molecule is C[C@H]1CCN(c2nn(C3CCCCO3)c3nc(N4CCC5(CC4)CO[C@@H](C)[C@H]5NC(=O)OC(C)(C)C)cnc23)C/C=C\C(c2noc(=O)[nH]2)=NC1. The second-order valence-electron chi connectivity index (χ2n) is 15.4. The Labute approximate surface area is 297 Å². The molecule has 16 nitrogen and oxygen atoms in total. The van der Waals surface area contributed by atoms with Crippen LogP contribution in [0.1, 0.15) is 85.2 Å². The summed E-state index contributed by atoms with van der Waals surface area (Å²) >= 11 is 0. The molecule has 0 aromatic carbocycles. The van der Waals surface area contributed by atoms with E-state index in [0.29, 0.717) is 43.5 Å². The van der Waals surface area contributed by atoms with E-state index in [1.165, 1.54) is 0 Å². The molecular weight excluding hydrogens is 656 g/mol. The van der Waals surface area contributed by atoms with Crippen molar-refractivity contribution in [2.75, 3.05) is 55.7 Å². The van der Waals surface area contributed by atoms with Gasteiger partial charge in [0, 0.05) is 44.7 Å². The van der Waals surface area contributed by atoms with Crippen LogP contribution in [0.15, 0.2) is 32.7 Å². The first-order chi connectivity index (χ1) is 24.5. The summed E-state index contributed by atoms with van der Waals surface area (Å²) in [5.41, 5.74) is 1.24. The van der Waals surface area contributed by atoms with E-state index in [0.717, 1.165) is 75.3 Å². The number of rotatable bonds is 5. The quantitative estimate of drug-likeness (QED) is 0.391. The van der Waals surface area contributed by atoms with Crippen LogP contribution < -0.4 is 20.9 Å². The van der Waals surface area contributed by atoms with Crippen molar-refractivity contribution in [2.24, 2.45) is 16.3 Å². The van der Waals surface area contributed by atoms with Crippen LogP contribution in [0.25, 0.3) is 11.2 Å². The lowest BCUT2D eigenvalue weighted by Gasteiger charge is -2.42. The van der Waals surface area contributed by atoms with E-state index in [1.54, 1.807) is 0 Å². The summed E-state index contributed by atoms with van der Waals surface area (Å²) in [4.78, 5) is 46.4. The maximum Gasteiger partial charge on any atom is 0.439 e. The highest BCUT2D eigenvalue weighted by Crippen LogP contribution is 2.43. The molecule has 0 radical (unpaired) electrons. The summed E-state index contributed by atoms with van der Waals surface area (Å²) in [5.74, 6) is 1.52. The minimum atomic E-state index is -0.613. The number of nitrogens with zero attached hydrogens (tertiary/aromatic N) is 8. The van der Waals surface area contributed by atoms with Gasteiger partial charge in [0.1, 0.15) is 17.1 Å². The van der Waals surface area contributed by atoms with Crippen molar-refractivity contribution in [3.63, 3.8) is 0 Å². The minimum Gasteiger partial charge on any atom is -0.444 e. The van der Waals surface area contributed by atoms with Crippen molar-refractivity contribution < 1.29 is 23.5 Å². The van der Waals surface area contributed by atoms with Crippen LogP contribution in [0.4, 0.5) is 16.4 Å². The lowest BCUT2D eigenvalue weighted by Crippen LogP contribution is -2.55. The van der Waals surface area contributed by atoms with E-state index in [-0.39, 0.29) is 29.7 Å². The first-order valence-electron chi connectivity index (χ1n) is 18.2. The number of hydrogen-bond donors (Lipinski definition) is 2. The minimum absolute atomic E-state index is 0.108. The fourth-order valence-electron chi connectivity index (χ4n) is 7.53. The third-order valence-corrected chi connectivity index (χ3v) is 10.4. The molecule has 3 aromatic heterocycles. The number of carbonyl (C=O) groups is 1. The number of ether oxygens (including phenoxy) is 3. The maximum atomic E-state index is 12.8. The van der Waals surface area contributed by atoms with Gasteiger partial charge in [0.2, 0.25) is 5.82 Å². The molecule has 16 heteroatoms. The maximum absolute atomic E-state index is 12.8. The zero-order chi connectivity index (χ0) is 35.8. The van der Waals surface area contributed by atoms with Crippen molar-refractivity contribution in [3.8, 4) is 0 Å². The monoisotopic (exact) mass is 706 g/mol. The first-order valence-corrected chi connectivity index (χ1v) is 18.2. The van der Waals surface area contributed by atoms with Crippen LogP contribution >= 0.6 is 0 Å². The van der Waals surface area contributed by atoms with Gasteiger partial charge in [0.05, 0.1) is 24.9 Å². The van der Waals surface area contributed by atoms with Crippen LogP contribution in [0, 0.1) is 11.3 Å². The number of nitrogens with one attached hydrogen (secondary N) is 2. The summed E-state index contributed by atoms with van der Waals surface area (Å²) in [7, 11) is 0. The van der Waals surface area contributed by atoms with Crippen molar-refractivity contribution in [2.45, 2.75) is 97.1 Å². The molecule has 7 rings (SSSR count). The molecule has 4 aliphatic rings. The van der Waals surface area contributed by atoms with Gasteiger partial charge in [-0.05, 0) is 78.2 Å². The first kappa shape index (κ1) is 35.1. The zero-order valence-corrected chi connectivity index (χ0v) is 30.3. The third-order valence-electron chi connectivity index (χ3n) is 10.4. The van der Waals surface area contributed by atoms with Gasteiger partial charge < -0.3 is 29.3 Å². The molecule has 3 saturated heterocycles. The van der Waals surface area contributed by atoms with E-state index in [4.69, 9.17) is 38.8 Å². The summed E-state index contributed by atoms with van der Waals surface area (Å²) < 4.78 is 24.6. The van der Waals surface area contributed by atoms with Gasteiger partial charge in [-0.3, -0.25) is 14.5 Å². The Morgan fingerprint density at radius 1 is 1.10 bits per heavy atom. The molecular formula is C35H50N10O6. The molecule has 1 spiro atoms. The highest BCUT2D eigenvalue weighted by molar-refractivity contribution is 6.06. The van der Waals surface area contributed by atoms with Crippen molar-refractivity contribution >= 4 is 34.6 Å². The number of allylic oxidation sites excluding steroid dienone is 1. The number of aliphatic imine (C=N–C) groups is 1. The highest BCUT2D eigenvalue weighted by atomic mass is 16.6. The Morgan fingerprint density at radius 2 is 1.92 bits per heavy atom. The highest BCUT2D eigenvalue weighted by Gasteiger charge is 2.50. The van der Waals surface area contributed by atoms with Gasteiger partial charge in [0.15, 0.2) is 23.2 Å². The van der Waals surface area contributed by atoms with Gasteiger partial charge in [-0.2, -0.15) is 0 Å². The standard InChI is InChI=1S/C35H50N10O6/c1-22-11-15-44(14-8-9-24(36-19-22)29-40-33(47)51-42-29)31-27-30(45(41-31)26-10-6-7-18-48-26)38-25(20-37-27)43-16-12-35(13-17-43)21-49-23(2)28(35)39-32(46)50-34(3,4)5/h8-9,20,22-23,26,28H,6-7,10-19,21H2,1-5H3,(H,39,46)(H,40,42,47)/b9-8-,36-24?/t22-,23-,26?,28+/m0/s1. The molecule has 4 atom stereocenters. The van der Waals surface area contributed by atoms with Gasteiger partial charge in [-0.1, -0.05) is 18.2 Å². The molecule has 1 unspecified atom stereocenters. The van der Waals surface area contributed by atoms with Crippen molar-refractivity contribution in [1.82, 2.24) is 35.2 Å². The molecule has 7 heterocycles. The molecule has 51 heavy (non-hydrogen) atoms. The Kier molecular flexibility index (Phi) is 9.89. The average molecular weight is 707 g/mol. The second kappa shape index (κ2) is 14.4. The van der Waals surface area contributed by atoms with Crippen LogP contribution in [0.2, 0.25) is 0 Å². The third kappa shape index (κ3) is 7.66. The van der Waals surface area contributed by atoms with Crippen LogP contribution in [0.3, 0.4) is 0 Å². The van der Waals surface area contributed by atoms with Crippen molar-refractivity contribution in [3.05, 3.63) is 34.7 Å². The van der Waals surface area contributed by atoms with Crippen LogP contribution in [0.5, 0.6) is 0 Å². The van der Waals surface area contributed by atoms with E-state index in [1.807, 2.05) is 50.7 Å². The number of piperidine rings is 1. The van der Waals surface area contributed by atoms with Crippen molar-refractivity contribution in [1.29, 1.82) is 0 Å². The fourth-order valence-corrected chi connectivity index (χ4v) is 7.53. The van der Waals surface area contributed by atoms with Crippen LogP contribution in [-0.4, -0.2) is 105 Å². The molecule has 0 saturated carbocycles. The van der Waals surface area contributed by atoms with Gasteiger partial charge >= 0.3 is 11.8 Å². The Hall–Kier alpha value is -4.31. The van der Waals surface area contributed by atoms with E-state index < -0.39 is 17.5 Å². The van der Waals surface area contributed by atoms with E-state index in [9.17, 15) is 9.59 Å². The molecule has 1 amide bonds. The molecule has 3 aromatic rings. The number of aromatic nitrogens is 6. The number of H-pyrrole nitrogens is 1. The molecule has 0 aliphatic carbocycles. The molecule has 2 N–H and O–H groups in total. The molecule has 0 bridgehead atoms. The lowest BCUT2D eigenvalue weighted by molar-refractivity contribution is -0.0369. The largest absolute Gasteiger partial charge is 0.444 e. The number of hydrogen-bond acceptors (Lipinski definition) is 13. The lowest BCUT2D eigenvalue weighted by atomic mass is 9.73. The predicted octanol–water partition coefficient (Wildman–Crippen LogP) is 3.99. The van der Waals surface area contributed by atoms with Gasteiger partial charge in [-0.25, -0.2) is 24.2 Å². The Balaban J connectivity index is 1.14. The van der Waals surface area contributed by atoms with E-state index in [2.05, 4.69) is 32.2 Å². The summed E-state index contributed by atoms with van der Waals surface area (Å²) in [6.07, 6.45) is 10.4. The predicted molar refractivity (Wildman–Crippen MR) is 190 cm³/mol. The number of fused-ring (bicyclic) bond motifs is 1. The molecule has 3 fully saturated rings. The molecule has 4 aliphatic heterocycles. The number of aromatic amines is 1. The smallest absolute Gasteiger partial charge is 0.439 e. The topological polar surface area (TPSA) is 178 Å². The fraction of sp³-hybridized carbons (Fsp3) is 0.686. The number of anilines is 2. The molecule has 276 valence electrons. The summed E-state index contributed by atoms with van der Waals surface area (Å²) in [5, 5.41) is 12.1. The van der Waals surface area contributed by atoms with Gasteiger partial charge in [-0.15, -0.1) is 5.10 Å². The van der Waals surface area contributed by atoms with Crippen LogP contribution in [-0.2, 0) is 14.2 Å². The second-order valence-corrected chi connectivity index (χ2v) is 15.4. The van der Waals surface area contributed by atoms with Gasteiger partial charge in [0.25, 0.3) is 0 Å². The summed E-state index contributed by atoms with van der Waals surface area (Å²) in [6, 6.07) is -0.140. The zero-order valence-electron chi connectivity index (χ0n) is 30.3. The Morgan fingerprint density at radius 3 is 2.65 bits per heavy atom. The number of amides is 1.